The maximum Gasteiger partial charge on any atom is 0.254 e. The molecular weight excluding hydrogens is 356 g/mol. The number of carbonyl (C=O) groups excluding carboxylic acids is 2. The van der Waals surface area contributed by atoms with Crippen molar-refractivity contribution >= 4 is 28.7 Å². The number of rotatable bonds is 3. The van der Waals surface area contributed by atoms with Gasteiger partial charge in [-0.2, -0.15) is 0 Å². The van der Waals surface area contributed by atoms with E-state index in [1.807, 2.05) is 17.2 Å². The first-order valence-corrected chi connectivity index (χ1v) is 9.37. The molecule has 4 heterocycles. The van der Waals surface area contributed by atoms with Crippen LogP contribution >= 0.6 is 0 Å². The topological polar surface area (TPSA) is 108 Å². The maximum atomic E-state index is 13.1. The van der Waals surface area contributed by atoms with E-state index in [-0.39, 0.29) is 18.0 Å². The average molecular weight is 376 g/mol. The molecule has 2 fully saturated rings. The average Bonchev–Trinajstić information content (AvgIpc) is 3.29. The number of benzene rings is 1. The van der Waals surface area contributed by atoms with Gasteiger partial charge in [0.15, 0.2) is 0 Å². The smallest absolute Gasteiger partial charge is 0.254 e. The van der Waals surface area contributed by atoms with Crippen LogP contribution < -0.4 is 10.6 Å². The Morgan fingerprint density at radius 2 is 1.68 bits per heavy atom. The standard InChI is InChI=1S/C20H20N6O2/c21-17(27)12-1-3-13(4-2-12)20(28)26-14-5-6-15(26)10-25(9-14)19-16-7-8-22-18(16)23-11-24-19/h1-4,7-8,11,14-15H,5-6,9-10H2,(H2,21,27)(H,22,23,24). The number of aromatic amines is 1. The fourth-order valence-electron chi connectivity index (χ4n) is 4.44. The summed E-state index contributed by atoms with van der Waals surface area (Å²) >= 11 is 0. The van der Waals surface area contributed by atoms with Gasteiger partial charge >= 0.3 is 0 Å². The lowest BCUT2D eigenvalue weighted by molar-refractivity contribution is 0.0641. The minimum absolute atomic E-state index is 0.0117. The summed E-state index contributed by atoms with van der Waals surface area (Å²) < 4.78 is 0. The van der Waals surface area contributed by atoms with E-state index in [2.05, 4.69) is 19.9 Å². The molecule has 2 atom stereocenters. The van der Waals surface area contributed by atoms with Gasteiger partial charge in [-0.15, -0.1) is 0 Å². The van der Waals surface area contributed by atoms with E-state index >= 15 is 0 Å². The van der Waals surface area contributed by atoms with Crippen molar-refractivity contribution in [1.29, 1.82) is 0 Å². The summed E-state index contributed by atoms with van der Waals surface area (Å²) in [5.41, 5.74) is 7.11. The SMILES string of the molecule is NC(=O)c1ccc(C(=O)N2C3CCC2CN(c2ncnc4[nH]ccc24)C3)cc1. The Morgan fingerprint density at radius 3 is 2.36 bits per heavy atom. The number of primary amides is 1. The molecule has 3 aromatic rings. The van der Waals surface area contributed by atoms with Gasteiger partial charge in [0.25, 0.3) is 5.91 Å². The molecular formula is C20H20N6O2. The van der Waals surface area contributed by atoms with Crippen LogP contribution in [0.15, 0.2) is 42.9 Å². The Kier molecular flexibility index (Phi) is 3.78. The van der Waals surface area contributed by atoms with E-state index in [4.69, 9.17) is 5.73 Å². The minimum atomic E-state index is -0.492. The van der Waals surface area contributed by atoms with Crippen LogP contribution in [-0.2, 0) is 0 Å². The van der Waals surface area contributed by atoms with Gasteiger partial charge in [-0.3, -0.25) is 9.59 Å². The number of piperazine rings is 1. The number of anilines is 1. The second-order valence-corrected chi connectivity index (χ2v) is 7.38. The van der Waals surface area contributed by atoms with Crippen molar-refractivity contribution in [1.82, 2.24) is 19.9 Å². The van der Waals surface area contributed by atoms with Crippen LogP contribution in [0.5, 0.6) is 0 Å². The normalized spacial score (nSPS) is 21.3. The van der Waals surface area contributed by atoms with E-state index in [1.165, 1.54) is 0 Å². The lowest BCUT2D eigenvalue weighted by Crippen LogP contribution is -2.56. The molecule has 142 valence electrons. The molecule has 2 aliphatic heterocycles. The van der Waals surface area contributed by atoms with Crippen LogP contribution in [0.2, 0.25) is 0 Å². The lowest BCUT2D eigenvalue weighted by Gasteiger charge is -2.41. The molecule has 2 aromatic heterocycles. The van der Waals surface area contributed by atoms with Gasteiger partial charge in [0.2, 0.25) is 5.91 Å². The number of carbonyl (C=O) groups is 2. The third-order valence-corrected chi connectivity index (χ3v) is 5.77. The third kappa shape index (κ3) is 2.60. The van der Waals surface area contributed by atoms with Gasteiger partial charge in [0.05, 0.1) is 17.5 Å². The summed E-state index contributed by atoms with van der Waals surface area (Å²) in [5.74, 6) is 0.437. The van der Waals surface area contributed by atoms with Crippen molar-refractivity contribution in [2.45, 2.75) is 24.9 Å². The maximum absolute atomic E-state index is 13.1. The van der Waals surface area contributed by atoms with Crippen molar-refractivity contribution in [3.05, 3.63) is 54.0 Å². The molecule has 0 radical (unpaired) electrons. The largest absolute Gasteiger partial charge is 0.366 e. The molecule has 2 unspecified atom stereocenters. The van der Waals surface area contributed by atoms with E-state index in [9.17, 15) is 9.59 Å². The monoisotopic (exact) mass is 376 g/mol. The van der Waals surface area contributed by atoms with Gasteiger partial charge in [0, 0.05) is 30.4 Å². The summed E-state index contributed by atoms with van der Waals surface area (Å²) in [6.45, 7) is 1.50. The van der Waals surface area contributed by atoms with Crippen molar-refractivity contribution in [3.63, 3.8) is 0 Å². The predicted octanol–water partition coefficient (Wildman–Crippen LogP) is 1.55. The Labute approximate surface area is 161 Å². The summed E-state index contributed by atoms with van der Waals surface area (Å²) in [7, 11) is 0. The fraction of sp³-hybridized carbons (Fsp3) is 0.300. The molecule has 8 nitrogen and oxygen atoms in total. The Morgan fingerprint density at radius 1 is 1.00 bits per heavy atom. The molecule has 1 aromatic carbocycles. The number of aromatic nitrogens is 3. The molecule has 2 aliphatic rings. The van der Waals surface area contributed by atoms with Crippen LogP contribution in [0.1, 0.15) is 33.6 Å². The highest BCUT2D eigenvalue weighted by Crippen LogP contribution is 2.35. The number of hydrogen-bond acceptors (Lipinski definition) is 5. The number of nitrogens with two attached hydrogens (primary N) is 1. The predicted molar refractivity (Wildman–Crippen MR) is 104 cm³/mol. The van der Waals surface area contributed by atoms with Crippen molar-refractivity contribution in [2.75, 3.05) is 18.0 Å². The van der Waals surface area contributed by atoms with Gasteiger partial charge in [-0.05, 0) is 43.2 Å². The van der Waals surface area contributed by atoms with Crippen molar-refractivity contribution in [2.24, 2.45) is 5.73 Å². The van der Waals surface area contributed by atoms with Crippen LogP contribution in [0.25, 0.3) is 11.0 Å². The Bertz CT molecular complexity index is 1050. The molecule has 3 N–H and O–H groups in total. The molecule has 8 heteroatoms. The molecule has 28 heavy (non-hydrogen) atoms. The quantitative estimate of drug-likeness (QED) is 0.721. The molecule has 0 aliphatic carbocycles. The molecule has 0 saturated carbocycles. The fourth-order valence-corrected chi connectivity index (χ4v) is 4.44. The lowest BCUT2D eigenvalue weighted by atomic mass is 10.1. The van der Waals surface area contributed by atoms with Gasteiger partial charge in [0.1, 0.15) is 17.8 Å². The summed E-state index contributed by atoms with van der Waals surface area (Å²) in [6, 6.07) is 8.86. The summed E-state index contributed by atoms with van der Waals surface area (Å²) in [6.07, 6.45) is 5.40. The number of fused-ring (bicyclic) bond motifs is 3. The van der Waals surface area contributed by atoms with Gasteiger partial charge < -0.3 is 20.5 Å². The van der Waals surface area contributed by atoms with Crippen LogP contribution in [-0.4, -0.2) is 56.8 Å². The van der Waals surface area contributed by atoms with Crippen LogP contribution in [0.3, 0.4) is 0 Å². The first-order chi connectivity index (χ1) is 13.6. The highest BCUT2D eigenvalue weighted by molar-refractivity contribution is 5.98. The third-order valence-electron chi connectivity index (χ3n) is 5.77. The number of nitrogens with one attached hydrogen (secondary N) is 1. The highest BCUT2D eigenvalue weighted by atomic mass is 16.2. The molecule has 2 bridgehead atoms. The van der Waals surface area contributed by atoms with Crippen molar-refractivity contribution in [3.8, 4) is 0 Å². The summed E-state index contributed by atoms with van der Waals surface area (Å²) in [5, 5.41) is 1.00. The Hall–Kier alpha value is -3.42. The minimum Gasteiger partial charge on any atom is -0.366 e. The zero-order chi connectivity index (χ0) is 19.3. The van der Waals surface area contributed by atoms with E-state index in [1.54, 1.807) is 30.6 Å². The summed E-state index contributed by atoms with van der Waals surface area (Å²) in [4.78, 5) is 40.5. The zero-order valence-corrected chi connectivity index (χ0v) is 15.2. The molecule has 2 saturated heterocycles. The van der Waals surface area contributed by atoms with Crippen LogP contribution in [0.4, 0.5) is 5.82 Å². The van der Waals surface area contributed by atoms with Gasteiger partial charge in [-0.1, -0.05) is 0 Å². The first kappa shape index (κ1) is 16.7. The van der Waals surface area contributed by atoms with E-state index in [0.29, 0.717) is 11.1 Å². The molecule has 0 spiro atoms. The van der Waals surface area contributed by atoms with Crippen LogP contribution in [0, 0.1) is 0 Å². The highest BCUT2D eigenvalue weighted by Gasteiger charge is 2.43. The van der Waals surface area contributed by atoms with Gasteiger partial charge in [-0.25, -0.2) is 9.97 Å². The number of amides is 2. The number of hydrogen-bond donors (Lipinski definition) is 2. The molecule has 5 rings (SSSR count). The second-order valence-electron chi connectivity index (χ2n) is 7.38. The first-order valence-electron chi connectivity index (χ1n) is 9.37. The zero-order valence-electron chi connectivity index (χ0n) is 15.2. The van der Waals surface area contributed by atoms with E-state index < -0.39 is 5.91 Å². The second kappa shape index (κ2) is 6.33. The Balaban J connectivity index is 1.39. The number of H-pyrrole nitrogens is 1. The number of nitrogens with zero attached hydrogens (tertiary/aromatic N) is 4. The van der Waals surface area contributed by atoms with Crippen molar-refractivity contribution < 1.29 is 9.59 Å². The van der Waals surface area contributed by atoms with E-state index in [0.717, 1.165) is 42.8 Å². The molecule has 2 amide bonds.